The van der Waals surface area contributed by atoms with Crippen molar-refractivity contribution in [3.05, 3.63) is 54.1 Å². The van der Waals surface area contributed by atoms with Gasteiger partial charge in [0, 0.05) is 24.7 Å². The molecule has 0 aromatic heterocycles. The molecule has 1 unspecified atom stereocenters. The zero-order valence-electron chi connectivity index (χ0n) is 15.5. The average Bonchev–Trinajstić information content (AvgIpc) is 2.67. The molecular weight excluding hydrogens is 402 g/mol. The first-order chi connectivity index (χ1) is 12.9. The lowest BCUT2D eigenvalue weighted by atomic mass is 10.1. The number of anilines is 1. The van der Waals surface area contributed by atoms with Crippen LogP contribution in [0.15, 0.2) is 53.4 Å². The van der Waals surface area contributed by atoms with Crippen LogP contribution < -0.4 is 15.2 Å². The van der Waals surface area contributed by atoms with Gasteiger partial charge >= 0.3 is 0 Å². The molecule has 3 N–H and O–H groups in total. The third-order valence-electron chi connectivity index (χ3n) is 4.51. The summed E-state index contributed by atoms with van der Waals surface area (Å²) in [5, 5.41) is 0. The number of methoxy groups -OCH3 is 1. The number of nitrogens with zero attached hydrogens (tertiary/aromatic N) is 1. The number of ether oxygens (including phenoxy) is 1. The van der Waals surface area contributed by atoms with Crippen molar-refractivity contribution in [2.75, 3.05) is 24.9 Å². The van der Waals surface area contributed by atoms with E-state index in [0.717, 1.165) is 12.8 Å². The normalized spacial score (nSPS) is 16.8. The van der Waals surface area contributed by atoms with E-state index >= 15 is 0 Å². The molecule has 0 spiro atoms. The van der Waals surface area contributed by atoms with Crippen molar-refractivity contribution in [3.8, 4) is 5.75 Å². The molecule has 1 aliphatic heterocycles. The van der Waals surface area contributed by atoms with Gasteiger partial charge in [0.25, 0.3) is 15.9 Å². The Balaban J connectivity index is 0.00000280. The third-order valence-corrected chi connectivity index (χ3v) is 5.89. The van der Waals surface area contributed by atoms with Crippen LogP contribution in [0.5, 0.6) is 5.75 Å². The summed E-state index contributed by atoms with van der Waals surface area (Å²) in [5.41, 5.74) is 6.72. The predicted molar refractivity (Wildman–Crippen MR) is 111 cm³/mol. The number of halogens is 1. The van der Waals surface area contributed by atoms with E-state index in [1.165, 1.54) is 31.4 Å². The number of para-hydroxylation sites is 2. The first kappa shape index (κ1) is 22.0. The molecule has 1 heterocycles. The Morgan fingerprint density at radius 3 is 2.50 bits per heavy atom. The van der Waals surface area contributed by atoms with Gasteiger partial charge in [-0.1, -0.05) is 12.1 Å². The molecule has 0 saturated carbocycles. The molecule has 1 saturated heterocycles. The van der Waals surface area contributed by atoms with Gasteiger partial charge in [0.15, 0.2) is 0 Å². The zero-order valence-corrected chi connectivity index (χ0v) is 17.1. The van der Waals surface area contributed by atoms with Crippen LogP contribution in [0, 0.1) is 0 Å². The summed E-state index contributed by atoms with van der Waals surface area (Å²) in [6.45, 7) is 1.19. The van der Waals surface area contributed by atoms with Gasteiger partial charge in [-0.3, -0.25) is 9.52 Å². The quantitative estimate of drug-likeness (QED) is 0.766. The van der Waals surface area contributed by atoms with E-state index in [1.54, 1.807) is 29.2 Å². The number of rotatable bonds is 5. The number of benzene rings is 2. The van der Waals surface area contributed by atoms with E-state index < -0.39 is 10.0 Å². The molecule has 1 fully saturated rings. The summed E-state index contributed by atoms with van der Waals surface area (Å²) in [6, 6.07) is 12.7. The lowest BCUT2D eigenvalue weighted by Crippen LogP contribution is -2.45. The maximum Gasteiger partial charge on any atom is 0.262 e. The highest BCUT2D eigenvalue weighted by Crippen LogP contribution is 2.26. The number of hydrogen-bond donors (Lipinski definition) is 2. The van der Waals surface area contributed by atoms with Crippen molar-refractivity contribution in [2.45, 2.75) is 23.8 Å². The van der Waals surface area contributed by atoms with Crippen molar-refractivity contribution < 1.29 is 17.9 Å². The van der Waals surface area contributed by atoms with Crippen molar-refractivity contribution in [2.24, 2.45) is 5.73 Å². The van der Waals surface area contributed by atoms with Gasteiger partial charge in [-0.05, 0) is 49.2 Å². The molecule has 0 aliphatic carbocycles. The number of nitrogens with two attached hydrogens (primary N) is 1. The van der Waals surface area contributed by atoms with E-state index in [1.807, 2.05) is 0 Å². The van der Waals surface area contributed by atoms with Crippen molar-refractivity contribution >= 4 is 34.0 Å². The van der Waals surface area contributed by atoms with Gasteiger partial charge in [-0.2, -0.15) is 0 Å². The van der Waals surface area contributed by atoms with E-state index in [2.05, 4.69) is 4.72 Å². The molecule has 1 amide bonds. The molecule has 152 valence electrons. The zero-order chi connectivity index (χ0) is 19.4. The van der Waals surface area contributed by atoms with Crippen LogP contribution in [0.3, 0.4) is 0 Å². The van der Waals surface area contributed by atoms with Gasteiger partial charge in [-0.25, -0.2) is 8.42 Å². The second kappa shape index (κ2) is 9.27. The fraction of sp³-hybridized carbons (Fsp3) is 0.316. The molecular formula is C19H24ClN3O4S. The molecule has 0 radical (unpaired) electrons. The smallest absolute Gasteiger partial charge is 0.262 e. The van der Waals surface area contributed by atoms with Gasteiger partial charge in [0.2, 0.25) is 0 Å². The fourth-order valence-corrected chi connectivity index (χ4v) is 4.16. The summed E-state index contributed by atoms with van der Waals surface area (Å²) >= 11 is 0. The summed E-state index contributed by atoms with van der Waals surface area (Å²) in [5.74, 6) is 0.293. The Hall–Kier alpha value is -2.29. The first-order valence-electron chi connectivity index (χ1n) is 8.71. The van der Waals surface area contributed by atoms with Gasteiger partial charge in [0.05, 0.1) is 17.7 Å². The highest BCUT2D eigenvalue weighted by Gasteiger charge is 2.23. The molecule has 1 aliphatic rings. The van der Waals surface area contributed by atoms with Gasteiger partial charge < -0.3 is 15.4 Å². The average molecular weight is 426 g/mol. The largest absolute Gasteiger partial charge is 0.495 e. The SMILES string of the molecule is COc1ccccc1NS(=O)(=O)c1ccc(C(=O)N2CCCC(N)C2)cc1.Cl. The van der Waals surface area contributed by atoms with Gasteiger partial charge in [0.1, 0.15) is 5.75 Å². The number of piperidine rings is 1. The Bertz CT molecular complexity index is 919. The van der Waals surface area contributed by atoms with E-state index in [4.69, 9.17) is 10.5 Å². The number of amides is 1. The molecule has 28 heavy (non-hydrogen) atoms. The Kier molecular flexibility index (Phi) is 7.29. The van der Waals surface area contributed by atoms with Crippen LogP contribution in [0.25, 0.3) is 0 Å². The second-order valence-corrected chi connectivity index (χ2v) is 8.17. The minimum atomic E-state index is -3.80. The van der Waals surface area contributed by atoms with Crippen LogP contribution in [0.2, 0.25) is 0 Å². The minimum Gasteiger partial charge on any atom is -0.495 e. The topological polar surface area (TPSA) is 102 Å². The van der Waals surface area contributed by atoms with Crippen LogP contribution in [0.4, 0.5) is 5.69 Å². The molecule has 1 atom stereocenters. The second-order valence-electron chi connectivity index (χ2n) is 6.48. The Morgan fingerprint density at radius 1 is 1.18 bits per heavy atom. The highest BCUT2D eigenvalue weighted by atomic mass is 35.5. The standard InChI is InChI=1S/C19H23N3O4S.ClH/c1-26-18-7-3-2-6-17(18)21-27(24,25)16-10-8-14(9-11-16)19(23)22-12-4-5-15(20)13-22;/h2-3,6-11,15,21H,4-5,12-13,20H2,1H3;1H. The van der Waals surface area contributed by atoms with Crippen LogP contribution in [0.1, 0.15) is 23.2 Å². The Morgan fingerprint density at radius 2 is 1.86 bits per heavy atom. The predicted octanol–water partition coefficient (Wildman–Crippen LogP) is 2.48. The number of nitrogens with one attached hydrogen (secondary N) is 1. The number of carbonyl (C=O) groups excluding carboxylic acids is 1. The van der Waals surface area contributed by atoms with Crippen LogP contribution >= 0.6 is 12.4 Å². The highest BCUT2D eigenvalue weighted by molar-refractivity contribution is 7.92. The summed E-state index contributed by atoms with van der Waals surface area (Å²) in [7, 11) is -2.32. The molecule has 9 heteroatoms. The maximum atomic E-state index is 12.6. The van der Waals surface area contributed by atoms with Crippen LogP contribution in [-0.4, -0.2) is 45.5 Å². The monoisotopic (exact) mass is 425 g/mol. The van der Waals surface area contributed by atoms with E-state index in [0.29, 0.717) is 30.1 Å². The van der Waals surface area contributed by atoms with E-state index in [-0.39, 0.29) is 29.3 Å². The summed E-state index contributed by atoms with van der Waals surface area (Å²) < 4.78 is 32.9. The summed E-state index contributed by atoms with van der Waals surface area (Å²) in [4.78, 5) is 14.4. The molecule has 0 bridgehead atoms. The number of carbonyl (C=O) groups is 1. The molecule has 3 rings (SSSR count). The lowest BCUT2D eigenvalue weighted by molar-refractivity contribution is 0.0708. The maximum absolute atomic E-state index is 12.6. The van der Waals surface area contributed by atoms with Crippen molar-refractivity contribution in [1.82, 2.24) is 4.90 Å². The van der Waals surface area contributed by atoms with Crippen molar-refractivity contribution in [3.63, 3.8) is 0 Å². The first-order valence-corrected chi connectivity index (χ1v) is 10.2. The molecule has 2 aromatic rings. The Labute approximate surface area is 171 Å². The number of likely N-dealkylation sites (tertiary alicyclic amines) is 1. The summed E-state index contributed by atoms with van der Waals surface area (Å²) in [6.07, 6.45) is 1.79. The number of hydrogen-bond acceptors (Lipinski definition) is 5. The van der Waals surface area contributed by atoms with Crippen molar-refractivity contribution in [1.29, 1.82) is 0 Å². The molecule has 7 nitrogen and oxygen atoms in total. The minimum absolute atomic E-state index is 0. The lowest BCUT2D eigenvalue weighted by Gasteiger charge is -2.30. The molecule has 2 aromatic carbocycles. The third kappa shape index (κ3) is 4.95. The van der Waals surface area contributed by atoms with Crippen LogP contribution in [-0.2, 0) is 10.0 Å². The van der Waals surface area contributed by atoms with Gasteiger partial charge in [-0.15, -0.1) is 12.4 Å². The fourth-order valence-electron chi connectivity index (χ4n) is 3.09. The van der Waals surface area contributed by atoms with E-state index in [9.17, 15) is 13.2 Å². The number of sulfonamides is 1.